The summed E-state index contributed by atoms with van der Waals surface area (Å²) < 4.78 is 10.1. The van der Waals surface area contributed by atoms with Gasteiger partial charge in [-0.15, -0.1) is 0 Å². The van der Waals surface area contributed by atoms with Crippen molar-refractivity contribution in [2.24, 2.45) is 0 Å². The fraction of sp³-hybridized carbons (Fsp3) is 0.300. The second-order valence-corrected chi connectivity index (χ2v) is 3.35. The number of ether oxygens (including phenoxy) is 2. The molecule has 0 heterocycles. The highest BCUT2D eigenvalue weighted by Gasteiger charge is 2.05. The van der Waals surface area contributed by atoms with Crippen molar-refractivity contribution < 1.29 is 19.4 Å². The van der Waals surface area contributed by atoms with E-state index in [0.29, 0.717) is 16.8 Å². The van der Waals surface area contributed by atoms with Gasteiger partial charge in [0.2, 0.25) is 0 Å². The van der Waals surface area contributed by atoms with Crippen LogP contribution in [-0.2, 0) is 10.1 Å². The summed E-state index contributed by atoms with van der Waals surface area (Å²) in [6.07, 6.45) is 0. The van der Waals surface area contributed by atoms with Gasteiger partial charge >= 0.3 is 5.97 Å². The predicted molar refractivity (Wildman–Crippen MR) is 58.8 cm³/mol. The molecule has 82 valence electrons. The van der Waals surface area contributed by atoms with Crippen LogP contribution in [0.2, 0.25) is 0 Å². The van der Waals surface area contributed by atoms with Gasteiger partial charge < -0.3 is 14.6 Å². The third-order valence-electron chi connectivity index (χ3n) is 1.76. The molecule has 0 saturated carbocycles. The van der Waals surface area contributed by atoms with Gasteiger partial charge in [0, 0.05) is 17.0 Å². The maximum Gasteiger partial charge on any atom is 0.341 e. The Morgan fingerprint density at radius 3 is 2.80 bits per heavy atom. The van der Waals surface area contributed by atoms with Crippen LogP contribution in [0, 0.1) is 0 Å². The molecule has 0 atom stereocenters. The van der Waals surface area contributed by atoms with Crippen LogP contribution in [0.1, 0.15) is 5.56 Å². The average molecular weight is 275 g/mol. The minimum Gasteiger partial charge on any atom is -0.496 e. The summed E-state index contributed by atoms with van der Waals surface area (Å²) in [5, 5.41) is 9.11. The van der Waals surface area contributed by atoms with Crippen molar-refractivity contribution in [1.82, 2.24) is 0 Å². The Labute approximate surface area is 95.9 Å². The van der Waals surface area contributed by atoms with Gasteiger partial charge in [-0.2, -0.15) is 0 Å². The van der Waals surface area contributed by atoms with Gasteiger partial charge in [-0.3, -0.25) is 0 Å². The zero-order valence-electron chi connectivity index (χ0n) is 8.20. The molecule has 0 unspecified atom stereocenters. The lowest BCUT2D eigenvalue weighted by molar-refractivity contribution is -0.139. The van der Waals surface area contributed by atoms with Gasteiger partial charge in [0.1, 0.15) is 11.5 Å². The highest BCUT2D eigenvalue weighted by Crippen LogP contribution is 2.26. The van der Waals surface area contributed by atoms with E-state index in [1.165, 1.54) is 0 Å². The minimum absolute atomic E-state index is 0.350. The van der Waals surface area contributed by atoms with E-state index in [9.17, 15) is 4.79 Å². The highest BCUT2D eigenvalue weighted by molar-refractivity contribution is 9.08. The smallest absolute Gasteiger partial charge is 0.341 e. The Morgan fingerprint density at radius 1 is 1.53 bits per heavy atom. The Hall–Kier alpha value is -1.23. The summed E-state index contributed by atoms with van der Waals surface area (Å²) in [5.41, 5.74) is 0.986. The first-order valence-electron chi connectivity index (χ1n) is 4.25. The molecule has 1 N–H and O–H groups in total. The van der Waals surface area contributed by atoms with Gasteiger partial charge in [0.15, 0.2) is 6.61 Å². The van der Waals surface area contributed by atoms with Crippen LogP contribution in [0.5, 0.6) is 11.5 Å². The lowest BCUT2D eigenvalue weighted by Crippen LogP contribution is -2.09. The summed E-state index contributed by atoms with van der Waals surface area (Å²) in [4.78, 5) is 10.3. The molecule has 4 nitrogen and oxygen atoms in total. The lowest BCUT2D eigenvalue weighted by Gasteiger charge is -2.08. The molecule has 1 aromatic carbocycles. The number of carboxylic acid groups (broad SMARTS) is 1. The zero-order chi connectivity index (χ0) is 11.3. The third-order valence-corrected chi connectivity index (χ3v) is 2.37. The molecular weight excluding hydrogens is 264 g/mol. The van der Waals surface area contributed by atoms with Crippen molar-refractivity contribution in [3.8, 4) is 11.5 Å². The summed E-state index contributed by atoms with van der Waals surface area (Å²) >= 11 is 3.32. The number of aliphatic carboxylic acids is 1. The van der Waals surface area contributed by atoms with E-state index >= 15 is 0 Å². The van der Waals surface area contributed by atoms with Gasteiger partial charge in [0.25, 0.3) is 0 Å². The maximum atomic E-state index is 10.3. The van der Waals surface area contributed by atoms with E-state index in [2.05, 4.69) is 15.9 Å². The number of halogens is 1. The van der Waals surface area contributed by atoms with Crippen LogP contribution in [0.25, 0.3) is 0 Å². The number of benzene rings is 1. The predicted octanol–water partition coefficient (Wildman–Crippen LogP) is 2.05. The lowest BCUT2D eigenvalue weighted by atomic mass is 10.2. The summed E-state index contributed by atoms with van der Waals surface area (Å²) in [6, 6.07) is 5.20. The molecule has 1 rings (SSSR count). The summed E-state index contributed by atoms with van der Waals surface area (Å²) in [5.74, 6) is 0.159. The fourth-order valence-electron chi connectivity index (χ4n) is 1.07. The van der Waals surface area contributed by atoms with E-state index in [1.807, 2.05) is 6.07 Å². The van der Waals surface area contributed by atoms with Crippen LogP contribution in [0.4, 0.5) is 0 Å². The second kappa shape index (κ2) is 5.60. The minimum atomic E-state index is -1.00. The first kappa shape index (κ1) is 11.8. The molecule has 0 spiro atoms. The number of rotatable bonds is 5. The number of hydrogen-bond donors (Lipinski definition) is 1. The van der Waals surface area contributed by atoms with E-state index in [-0.39, 0.29) is 6.61 Å². The van der Waals surface area contributed by atoms with Crippen molar-refractivity contribution >= 4 is 21.9 Å². The average Bonchev–Trinajstić information content (AvgIpc) is 2.25. The number of methoxy groups -OCH3 is 1. The van der Waals surface area contributed by atoms with Gasteiger partial charge in [-0.05, 0) is 6.07 Å². The van der Waals surface area contributed by atoms with Gasteiger partial charge in [0.05, 0.1) is 7.11 Å². The molecule has 0 aliphatic heterocycles. The molecule has 0 bridgehead atoms. The van der Waals surface area contributed by atoms with Crippen LogP contribution in [0.3, 0.4) is 0 Å². The number of alkyl halides is 1. The first-order chi connectivity index (χ1) is 7.17. The number of carboxylic acids is 1. The molecule has 5 heteroatoms. The first-order valence-corrected chi connectivity index (χ1v) is 5.37. The topological polar surface area (TPSA) is 55.8 Å². The standard InChI is InChI=1S/C10H11BrO4/c1-14-9-4-8(15-6-10(12)13)3-2-7(9)5-11/h2-4H,5-6H2,1H3,(H,12,13). The van der Waals surface area contributed by atoms with Crippen LogP contribution in [-0.4, -0.2) is 24.8 Å². The van der Waals surface area contributed by atoms with Crippen molar-refractivity contribution in [1.29, 1.82) is 0 Å². The third kappa shape index (κ3) is 3.43. The zero-order valence-corrected chi connectivity index (χ0v) is 9.78. The van der Waals surface area contributed by atoms with Crippen LogP contribution in [0.15, 0.2) is 18.2 Å². The van der Waals surface area contributed by atoms with E-state index < -0.39 is 5.97 Å². The van der Waals surface area contributed by atoms with Crippen molar-refractivity contribution in [2.45, 2.75) is 5.33 Å². The fourth-order valence-corrected chi connectivity index (χ4v) is 1.53. The van der Waals surface area contributed by atoms with Gasteiger partial charge in [-0.25, -0.2) is 4.79 Å². The Kier molecular flexibility index (Phi) is 4.42. The quantitative estimate of drug-likeness (QED) is 0.835. The molecule has 0 aliphatic rings. The Balaban J connectivity index is 2.78. The molecule has 15 heavy (non-hydrogen) atoms. The molecular formula is C10H11BrO4. The van der Waals surface area contributed by atoms with Crippen molar-refractivity contribution in [3.05, 3.63) is 23.8 Å². The monoisotopic (exact) mass is 274 g/mol. The van der Waals surface area contributed by atoms with E-state index in [4.69, 9.17) is 14.6 Å². The maximum absolute atomic E-state index is 10.3. The SMILES string of the molecule is COc1cc(OCC(=O)O)ccc1CBr. The molecule has 0 aromatic heterocycles. The largest absolute Gasteiger partial charge is 0.496 e. The number of hydrogen-bond acceptors (Lipinski definition) is 3. The van der Waals surface area contributed by atoms with Gasteiger partial charge in [-0.1, -0.05) is 22.0 Å². The molecule has 0 amide bonds. The van der Waals surface area contributed by atoms with Crippen LogP contribution >= 0.6 is 15.9 Å². The summed E-state index contributed by atoms with van der Waals surface area (Å²) in [6.45, 7) is -0.350. The molecule has 0 fully saturated rings. The molecule has 1 aromatic rings. The molecule has 0 aliphatic carbocycles. The van der Waals surface area contributed by atoms with Crippen molar-refractivity contribution in [3.63, 3.8) is 0 Å². The summed E-state index contributed by atoms with van der Waals surface area (Å²) in [7, 11) is 1.56. The normalized spacial score (nSPS) is 9.73. The number of carbonyl (C=O) groups is 1. The Morgan fingerprint density at radius 2 is 2.27 bits per heavy atom. The second-order valence-electron chi connectivity index (χ2n) is 2.79. The van der Waals surface area contributed by atoms with E-state index in [0.717, 1.165) is 5.56 Å². The van der Waals surface area contributed by atoms with Crippen LogP contribution < -0.4 is 9.47 Å². The van der Waals surface area contributed by atoms with E-state index in [1.54, 1.807) is 19.2 Å². The molecule has 0 saturated heterocycles. The Bertz CT molecular complexity index is 351. The highest BCUT2D eigenvalue weighted by atomic mass is 79.9. The van der Waals surface area contributed by atoms with Crippen molar-refractivity contribution in [2.75, 3.05) is 13.7 Å². The molecule has 0 radical (unpaired) electrons.